The Kier molecular flexibility index (Phi) is 2.17. The second kappa shape index (κ2) is 2.88. The van der Waals surface area contributed by atoms with Gasteiger partial charge in [-0.1, -0.05) is 0 Å². The minimum absolute atomic E-state index is 0.106. The third-order valence-electron chi connectivity index (χ3n) is 2.48. The number of carboxylic acids is 1. The first kappa shape index (κ1) is 9.79. The van der Waals surface area contributed by atoms with Crippen molar-refractivity contribution >= 4 is 12.1 Å². The molecule has 0 aliphatic carbocycles. The van der Waals surface area contributed by atoms with Gasteiger partial charge in [0.05, 0.1) is 6.54 Å². The van der Waals surface area contributed by atoms with E-state index < -0.39 is 23.7 Å². The highest BCUT2D eigenvalue weighted by Crippen LogP contribution is 2.32. The van der Waals surface area contributed by atoms with Gasteiger partial charge in [0, 0.05) is 7.11 Å². The quantitative estimate of drug-likeness (QED) is 0.630. The second-order valence-electron chi connectivity index (χ2n) is 3.07. The van der Waals surface area contributed by atoms with Crippen LogP contribution in [0.2, 0.25) is 0 Å². The number of aliphatic carboxylic acids is 1. The highest BCUT2D eigenvalue weighted by atomic mass is 16.5. The van der Waals surface area contributed by atoms with Gasteiger partial charge in [-0.05, 0) is 6.92 Å². The van der Waals surface area contributed by atoms with E-state index in [2.05, 4.69) is 0 Å². The van der Waals surface area contributed by atoms with Gasteiger partial charge in [0.25, 0.3) is 0 Å². The van der Waals surface area contributed by atoms with Crippen LogP contribution >= 0.6 is 0 Å². The monoisotopic (exact) mass is 189 g/mol. The van der Waals surface area contributed by atoms with Crippen LogP contribution in [0.25, 0.3) is 0 Å². The van der Waals surface area contributed by atoms with Crippen molar-refractivity contribution in [3.63, 3.8) is 0 Å². The second-order valence-corrected chi connectivity index (χ2v) is 3.07. The van der Waals surface area contributed by atoms with E-state index in [-0.39, 0.29) is 6.54 Å². The molecule has 2 N–H and O–H groups in total. The van der Waals surface area contributed by atoms with Gasteiger partial charge in [-0.2, -0.15) is 0 Å². The Labute approximate surface area is 74.7 Å². The summed E-state index contributed by atoms with van der Waals surface area (Å²) in [4.78, 5) is 22.2. The lowest BCUT2D eigenvalue weighted by Crippen LogP contribution is -2.74. The molecule has 1 amide bonds. The maximum absolute atomic E-state index is 10.8. The molecule has 13 heavy (non-hydrogen) atoms. The third-order valence-corrected chi connectivity index (χ3v) is 2.48. The fourth-order valence-electron chi connectivity index (χ4n) is 1.43. The van der Waals surface area contributed by atoms with E-state index in [9.17, 15) is 9.59 Å². The molecule has 0 spiro atoms. The van der Waals surface area contributed by atoms with Crippen LogP contribution in [-0.4, -0.2) is 52.5 Å². The zero-order chi connectivity index (χ0) is 10.2. The normalized spacial score (nSPS) is 32.5. The molecule has 0 bridgehead atoms. The van der Waals surface area contributed by atoms with Gasteiger partial charge in [0.1, 0.15) is 6.10 Å². The fraction of sp³-hybridized carbons (Fsp3) is 0.714. The molecule has 6 heteroatoms. The Bertz CT molecular complexity index is 253. The van der Waals surface area contributed by atoms with Crippen LogP contribution in [-0.2, 0) is 9.53 Å². The van der Waals surface area contributed by atoms with Crippen LogP contribution in [0.4, 0.5) is 4.79 Å². The highest BCUT2D eigenvalue weighted by molar-refractivity contribution is 5.86. The van der Waals surface area contributed by atoms with Gasteiger partial charge in [0.15, 0.2) is 5.54 Å². The predicted octanol–water partition coefficient (Wildman–Crippen LogP) is -0.162. The molecule has 1 saturated heterocycles. The number of rotatable bonds is 2. The summed E-state index contributed by atoms with van der Waals surface area (Å²) in [5.41, 5.74) is -1.44. The zero-order valence-corrected chi connectivity index (χ0v) is 7.35. The van der Waals surface area contributed by atoms with Gasteiger partial charge < -0.3 is 14.9 Å². The summed E-state index contributed by atoms with van der Waals surface area (Å²) >= 11 is 0. The fourth-order valence-corrected chi connectivity index (χ4v) is 1.43. The molecule has 0 unspecified atom stereocenters. The molecule has 0 radical (unpaired) electrons. The zero-order valence-electron chi connectivity index (χ0n) is 7.35. The Hall–Kier alpha value is -1.30. The Balaban J connectivity index is 2.86. The summed E-state index contributed by atoms with van der Waals surface area (Å²) < 4.78 is 4.86. The molecule has 1 fully saturated rings. The van der Waals surface area contributed by atoms with Crippen molar-refractivity contribution in [1.82, 2.24) is 4.90 Å². The average molecular weight is 189 g/mol. The first-order valence-electron chi connectivity index (χ1n) is 3.71. The molecular formula is C7H11NO5. The van der Waals surface area contributed by atoms with E-state index in [1.54, 1.807) is 0 Å². The molecule has 0 aromatic rings. The SMILES string of the molecule is CO[C@@H]1CN(C(=O)O)[C@@]1(C)C(=O)O. The summed E-state index contributed by atoms with van der Waals surface area (Å²) in [6.07, 6.45) is -1.81. The van der Waals surface area contributed by atoms with E-state index in [0.29, 0.717) is 0 Å². The van der Waals surface area contributed by atoms with E-state index in [0.717, 1.165) is 4.90 Å². The molecule has 0 saturated carbocycles. The number of hydrogen-bond acceptors (Lipinski definition) is 3. The van der Waals surface area contributed by atoms with Gasteiger partial charge >= 0.3 is 12.1 Å². The number of nitrogens with zero attached hydrogens (tertiary/aromatic N) is 1. The van der Waals surface area contributed by atoms with Crippen molar-refractivity contribution < 1.29 is 24.5 Å². The number of hydrogen-bond donors (Lipinski definition) is 2. The van der Waals surface area contributed by atoms with E-state index >= 15 is 0 Å². The summed E-state index contributed by atoms with van der Waals surface area (Å²) in [6, 6.07) is 0. The van der Waals surface area contributed by atoms with Crippen molar-refractivity contribution in [3.05, 3.63) is 0 Å². The van der Waals surface area contributed by atoms with Crippen molar-refractivity contribution in [1.29, 1.82) is 0 Å². The minimum atomic E-state index is -1.44. The minimum Gasteiger partial charge on any atom is -0.479 e. The van der Waals surface area contributed by atoms with Crippen LogP contribution < -0.4 is 0 Å². The van der Waals surface area contributed by atoms with Crippen LogP contribution in [0.15, 0.2) is 0 Å². The molecule has 1 aliphatic rings. The summed E-state index contributed by atoms with van der Waals surface area (Å²) in [7, 11) is 1.37. The van der Waals surface area contributed by atoms with Crippen LogP contribution in [0.5, 0.6) is 0 Å². The molecule has 0 aromatic heterocycles. The molecular weight excluding hydrogens is 178 g/mol. The van der Waals surface area contributed by atoms with Gasteiger partial charge in [0.2, 0.25) is 0 Å². The number of likely N-dealkylation sites (tertiary alicyclic amines) is 1. The molecule has 6 nitrogen and oxygen atoms in total. The summed E-state index contributed by atoms with van der Waals surface area (Å²) in [5.74, 6) is -1.19. The molecule has 1 aliphatic heterocycles. The topological polar surface area (TPSA) is 87.1 Å². The molecule has 2 atom stereocenters. The van der Waals surface area contributed by atoms with E-state index in [1.807, 2.05) is 0 Å². The average Bonchev–Trinajstić information content (AvgIpc) is 2.00. The van der Waals surface area contributed by atoms with Crippen LogP contribution in [0.1, 0.15) is 6.92 Å². The predicted molar refractivity (Wildman–Crippen MR) is 41.6 cm³/mol. The number of carbonyl (C=O) groups is 2. The standard InChI is InChI=1S/C7H11NO5/c1-7(5(9)10)4(13-2)3-8(7)6(11)12/h4H,3H2,1-2H3,(H,9,10)(H,11,12)/t4-,7-/m1/s1. The molecule has 74 valence electrons. The van der Waals surface area contributed by atoms with Crippen molar-refractivity contribution in [3.8, 4) is 0 Å². The Morgan fingerprint density at radius 3 is 2.38 bits per heavy atom. The molecule has 1 rings (SSSR count). The van der Waals surface area contributed by atoms with Gasteiger partial charge in [-0.25, -0.2) is 9.59 Å². The van der Waals surface area contributed by atoms with Crippen LogP contribution in [0.3, 0.4) is 0 Å². The van der Waals surface area contributed by atoms with Crippen LogP contribution in [0, 0.1) is 0 Å². The first-order chi connectivity index (χ1) is 5.94. The smallest absolute Gasteiger partial charge is 0.408 e. The van der Waals surface area contributed by atoms with Gasteiger partial charge in [-0.15, -0.1) is 0 Å². The summed E-state index contributed by atoms with van der Waals surface area (Å²) in [5, 5.41) is 17.5. The largest absolute Gasteiger partial charge is 0.479 e. The lowest BCUT2D eigenvalue weighted by molar-refractivity contribution is -0.180. The van der Waals surface area contributed by atoms with E-state index in [4.69, 9.17) is 14.9 Å². The maximum Gasteiger partial charge on any atom is 0.408 e. The number of amides is 1. The van der Waals surface area contributed by atoms with Crippen molar-refractivity contribution in [2.75, 3.05) is 13.7 Å². The van der Waals surface area contributed by atoms with Crippen molar-refractivity contribution in [2.45, 2.75) is 18.6 Å². The maximum atomic E-state index is 10.8. The lowest BCUT2D eigenvalue weighted by atomic mass is 9.84. The highest BCUT2D eigenvalue weighted by Gasteiger charge is 2.58. The summed E-state index contributed by atoms with van der Waals surface area (Å²) in [6.45, 7) is 1.44. The first-order valence-corrected chi connectivity index (χ1v) is 3.71. The number of carboxylic acid groups (broad SMARTS) is 2. The lowest BCUT2D eigenvalue weighted by Gasteiger charge is -2.50. The number of ether oxygens (including phenoxy) is 1. The molecule has 0 aromatic carbocycles. The number of methoxy groups -OCH3 is 1. The third kappa shape index (κ3) is 1.14. The Morgan fingerprint density at radius 2 is 2.08 bits per heavy atom. The Morgan fingerprint density at radius 1 is 1.54 bits per heavy atom. The van der Waals surface area contributed by atoms with Gasteiger partial charge in [-0.3, -0.25) is 4.90 Å². The molecule has 1 heterocycles. The van der Waals surface area contributed by atoms with E-state index in [1.165, 1.54) is 14.0 Å². The van der Waals surface area contributed by atoms with Crippen molar-refractivity contribution in [2.24, 2.45) is 0 Å².